The van der Waals surface area contributed by atoms with Crippen molar-refractivity contribution >= 4 is 40.2 Å². The largest absolute Gasteiger partial charge is 0.492 e. The van der Waals surface area contributed by atoms with Crippen molar-refractivity contribution in [3.05, 3.63) is 97.5 Å². The Morgan fingerprint density at radius 2 is 1.77 bits per heavy atom. The predicted molar refractivity (Wildman–Crippen MR) is 198 cm³/mol. The van der Waals surface area contributed by atoms with Gasteiger partial charge < -0.3 is 9.64 Å². The molecule has 268 valence electrons. The van der Waals surface area contributed by atoms with Gasteiger partial charge in [-0.3, -0.25) is 34.0 Å². The normalized spacial score (nSPS) is 22.2. The van der Waals surface area contributed by atoms with E-state index in [-0.39, 0.29) is 34.6 Å². The number of benzene rings is 3. The summed E-state index contributed by atoms with van der Waals surface area (Å²) in [7, 11) is 0. The van der Waals surface area contributed by atoms with Gasteiger partial charge in [0.05, 0.1) is 46.7 Å². The molecular weight excluding hydrogens is 690 g/mol. The number of rotatable bonds is 2. The quantitative estimate of drug-likeness (QED) is 0.225. The van der Waals surface area contributed by atoms with Crippen molar-refractivity contribution in [3.8, 4) is 23.3 Å². The summed E-state index contributed by atoms with van der Waals surface area (Å²) < 4.78 is 8.53. The van der Waals surface area contributed by atoms with Crippen molar-refractivity contribution in [3.63, 3.8) is 0 Å². The van der Waals surface area contributed by atoms with Gasteiger partial charge in [-0.1, -0.05) is 60.9 Å². The minimum atomic E-state index is -0.647. The number of hydrogen-bond donors (Lipinski definition) is 1. The average molecular weight is 728 g/mol. The Morgan fingerprint density at radius 3 is 2.58 bits per heavy atom. The third-order valence-electron chi connectivity index (χ3n) is 12.8. The van der Waals surface area contributed by atoms with Gasteiger partial charge in [0, 0.05) is 47.2 Å². The summed E-state index contributed by atoms with van der Waals surface area (Å²) >= 11 is 6.55. The first-order chi connectivity index (χ1) is 25.8. The number of hydrogen-bond acceptors (Lipinski definition) is 7. The van der Waals surface area contributed by atoms with Gasteiger partial charge in [-0.15, -0.1) is 0 Å². The molecule has 5 aliphatic heterocycles. The number of carbonyl (C=O) groups is 3. The molecule has 1 aromatic heterocycles. The molecule has 4 aromatic rings. The molecular formula is C42H38ClN5O5. The lowest BCUT2D eigenvalue weighted by molar-refractivity contribution is -0.136. The average Bonchev–Trinajstić information content (AvgIpc) is 3.77. The number of aromatic nitrogens is 2. The number of piperidine rings is 2. The molecule has 2 spiro atoms. The molecule has 10 nitrogen and oxygen atoms in total. The van der Waals surface area contributed by atoms with Crippen molar-refractivity contribution in [2.24, 2.45) is 0 Å². The van der Waals surface area contributed by atoms with Gasteiger partial charge in [0.25, 0.3) is 11.5 Å². The number of carbonyl (C=O) groups excluding carboxylic acids is 3. The summed E-state index contributed by atoms with van der Waals surface area (Å²) in [4.78, 5) is 59.6. The Kier molecular flexibility index (Phi) is 7.41. The van der Waals surface area contributed by atoms with Crippen LogP contribution < -0.4 is 15.6 Å². The van der Waals surface area contributed by atoms with Crippen LogP contribution in [0.5, 0.6) is 5.75 Å². The summed E-state index contributed by atoms with van der Waals surface area (Å²) in [6.07, 6.45) is 7.74. The van der Waals surface area contributed by atoms with Crippen molar-refractivity contribution < 1.29 is 19.1 Å². The number of imide groups is 1. The van der Waals surface area contributed by atoms with Gasteiger partial charge in [-0.25, -0.2) is 0 Å². The van der Waals surface area contributed by atoms with Crippen LogP contribution in [0.3, 0.4) is 0 Å². The SMILES string of the molecule is O=C1CCC(N2Cc3c(ccc4c3OCC43CCN(CC#Cc4ccc5c(c4)-n4c(nc(=O)c6c(Cl)cccc64)C54CCCCC4)CC3)C2=O)C(=O)N1. The molecule has 1 unspecified atom stereocenters. The molecule has 53 heavy (non-hydrogen) atoms. The van der Waals surface area contributed by atoms with E-state index in [0.29, 0.717) is 42.1 Å². The van der Waals surface area contributed by atoms with Crippen LogP contribution in [0.1, 0.15) is 96.2 Å². The first-order valence-corrected chi connectivity index (χ1v) is 19.2. The fraction of sp³-hybridized carbons (Fsp3) is 0.405. The van der Waals surface area contributed by atoms with E-state index in [9.17, 15) is 19.2 Å². The number of fused-ring (bicyclic) bond motifs is 11. The molecule has 1 saturated carbocycles. The lowest BCUT2D eigenvalue weighted by Crippen LogP contribution is -2.52. The Bertz CT molecular complexity index is 2410. The van der Waals surface area contributed by atoms with Crippen LogP contribution in [0.4, 0.5) is 0 Å². The highest BCUT2D eigenvalue weighted by molar-refractivity contribution is 6.35. The molecule has 3 aromatic carbocycles. The van der Waals surface area contributed by atoms with Crippen LogP contribution in [0.2, 0.25) is 5.02 Å². The van der Waals surface area contributed by atoms with Gasteiger partial charge >= 0.3 is 0 Å². The van der Waals surface area contributed by atoms with Crippen LogP contribution in [0, 0.1) is 11.8 Å². The zero-order valence-corrected chi connectivity index (χ0v) is 30.1. The van der Waals surface area contributed by atoms with E-state index in [1.54, 1.807) is 11.0 Å². The van der Waals surface area contributed by atoms with Crippen molar-refractivity contribution in [2.75, 3.05) is 26.2 Å². The molecule has 1 N–H and O–H groups in total. The fourth-order valence-electron chi connectivity index (χ4n) is 10.0. The smallest absolute Gasteiger partial charge is 0.282 e. The molecule has 6 aliphatic rings. The molecule has 0 bridgehead atoms. The Morgan fingerprint density at radius 1 is 0.962 bits per heavy atom. The van der Waals surface area contributed by atoms with Gasteiger partial charge in [-0.05, 0) is 68.0 Å². The van der Waals surface area contributed by atoms with Gasteiger partial charge in [0.15, 0.2) is 0 Å². The van der Waals surface area contributed by atoms with E-state index in [0.717, 1.165) is 91.1 Å². The minimum Gasteiger partial charge on any atom is -0.492 e. The maximum absolute atomic E-state index is 13.4. The summed E-state index contributed by atoms with van der Waals surface area (Å²) in [6.45, 7) is 3.29. The molecule has 3 amide bonds. The molecule has 1 atom stereocenters. The zero-order chi connectivity index (χ0) is 36.1. The first kappa shape index (κ1) is 32.7. The highest BCUT2D eigenvalue weighted by Gasteiger charge is 2.48. The number of amides is 3. The second-order valence-corrected chi connectivity index (χ2v) is 16.0. The minimum absolute atomic E-state index is 0.122. The third-order valence-corrected chi connectivity index (χ3v) is 13.1. The van der Waals surface area contributed by atoms with Gasteiger partial charge in [0.1, 0.15) is 17.6 Å². The van der Waals surface area contributed by atoms with Gasteiger partial charge in [-0.2, -0.15) is 4.98 Å². The highest BCUT2D eigenvalue weighted by Crippen LogP contribution is 2.52. The Labute approximate surface area is 311 Å². The molecule has 2 saturated heterocycles. The number of likely N-dealkylation sites (tertiary alicyclic amines) is 1. The van der Waals surface area contributed by atoms with Crippen LogP contribution in [-0.4, -0.2) is 69.4 Å². The number of nitrogens with zero attached hydrogens (tertiary/aromatic N) is 4. The van der Waals surface area contributed by atoms with Crippen LogP contribution in [-0.2, 0) is 27.0 Å². The van der Waals surface area contributed by atoms with Crippen LogP contribution >= 0.6 is 11.6 Å². The second kappa shape index (κ2) is 12.0. The topological polar surface area (TPSA) is 114 Å². The first-order valence-electron chi connectivity index (χ1n) is 18.8. The zero-order valence-electron chi connectivity index (χ0n) is 29.3. The summed E-state index contributed by atoms with van der Waals surface area (Å²) in [5.41, 5.74) is 5.92. The molecule has 11 heteroatoms. The van der Waals surface area contributed by atoms with E-state index in [2.05, 4.69) is 50.9 Å². The number of nitrogens with one attached hydrogen (secondary N) is 1. The van der Waals surface area contributed by atoms with Crippen LogP contribution in [0.15, 0.2) is 53.3 Å². The number of ether oxygens (including phenoxy) is 1. The van der Waals surface area contributed by atoms with E-state index < -0.39 is 11.9 Å². The van der Waals surface area contributed by atoms with Crippen molar-refractivity contribution in [2.45, 2.75) is 81.2 Å². The van der Waals surface area contributed by atoms with E-state index in [1.807, 2.05) is 18.2 Å². The van der Waals surface area contributed by atoms with E-state index >= 15 is 0 Å². The molecule has 10 rings (SSSR count). The maximum atomic E-state index is 13.4. The molecule has 6 heterocycles. The Hall–Kier alpha value is -4.98. The highest BCUT2D eigenvalue weighted by atomic mass is 35.5. The summed E-state index contributed by atoms with van der Waals surface area (Å²) in [5, 5.41) is 3.26. The standard InChI is InChI=1S/C42H38ClN5O5/c43-30-7-4-8-31-35(30)38(51)45-40-42(15-2-1-3-16-42)28-11-9-25(22-33(28)48(31)40)6-5-19-46-20-17-41(18-21-46)24-53-36-27-23-47(32-13-14-34(49)44-37(32)50)39(52)26(27)10-12-29(36)41/h4,7-12,22,32H,1-3,13-21,23-24H2,(H,44,49,50). The van der Waals surface area contributed by atoms with Crippen LogP contribution in [0.25, 0.3) is 16.6 Å². The lowest BCUT2D eigenvalue weighted by Gasteiger charge is -2.37. The molecule has 1 aliphatic carbocycles. The number of halogens is 1. The lowest BCUT2D eigenvalue weighted by atomic mass is 9.70. The van der Waals surface area contributed by atoms with Crippen molar-refractivity contribution in [1.29, 1.82) is 0 Å². The van der Waals surface area contributed by atoms with Crippen molar-refractivity contribution in [1.82, 2.24) is 24.7 Å². The van der Waals surface area contributed by atoms with E-state index in [1.165, 1.54) is 12.0 Å². The van der Waals surface area contributed by atoms with Gasteiger partial charge in [0.2, 0.25) is 11.8 Å². The summed E-state index contributed by atoms with van der Waals surface area (Å²) in [5.74, 6) is 7.63. The summed E-state index contributed by atoms with van der Waals surface area (Å²) in [6, 6.07) is 15.4. The Balaban J connectivity index is 0.868. The third kappa shape index (κ3) is 4.86. The molecule has 3 fully saturated rings. The second-order valence-electron chi connectivity index (χ2n) is 15.6. The molecule has 0 radical (unpaired) electrons. The monoisotopic (exact) mass is 727 g/mol. The van der Waals surface area contributed by atoms with E-state index in [4.69, 9.17) is 21.3 Å². The maximum Gasteiger partial charge on any atom is 0.282 e. The predicted octanol–water partition coefficient (Wildman–Crippen LogP) is 5.14. The fourth-order valence-corrected chi connectivity index (χ4v) is 10.3.